The monoisotopic (exact) mass is 292 g/mol. The average Bonchev–Trinajstić information content (AvgIpc) is 2.92. The Labute approximate surface area is 129 Å². The van der Waals surface area contributed by atoms with Crippen LogP contribution in [-0.2, 0) is 0 Å². The van der Waals surface area contributed by atoms with Gasteiger partial charge in [-0.3, -0.25) is 0 Å². The highest BCUT2D eigenvalue weighted by Crippen LogP contribution is 2.66. The third-order valence-electron chi connectivity index (χ3n) is 8.51. The fraction of sp³-hybridized carbons (Fsp3) is 1.00. The fourth-order valence-corrected chi connectivity index (χ4v) is 7.45. The third kappa shape index (κ3) is 1.91. The van der Waals surface area contributed by atoms with Gasteiger partial charge < -0.3 is 10.2 Å². The van der Waals surface area contributed by atoms with E-state index in [1.165, 1.54) is 57.8 Å². The van der Waals surface area contributed by atoms with Crippen molar-refractivity contribution in [1.82, 2.24) is 0 Å². The van der Waals surface area contributed by atoms with Crippen LogP contribution in [0, 0.1) is 34.5 Å². The van der Waals surface area contributed by atoms with Gasteiger partial charge in [0.1, 0.15) is 0 Å². The molecular formula is C19H32O2. The molecule has 4 aliphatic carbocycles. The molecule has 0 unspecified atom stereocenters. The molecule has 4 rings (SSSR count). The molecule has 120 valence electrons. The Kier molecular flexibility index (Phi) is 3.43. The van der Waals surface area contributed by atoms with E-state index in [0.717, 1.165) is 30.6 Å². The summed E-state index contributed by atoms with van der Waals surface area (Å²) in [5, 5.41) is 20.2. The van der Waals surface area contributed by atoms with Crippen LogP contribution in [0.3, 0.4) is 0 Å². The van der Waals surface area contributed by atoms with Crippen LogP contribution in [0.2, 0.25) is 0 Å². The zero-order chi connectivity index (χ0) is 14.7. The van der Waals surface area contributed by atoms with Crippen LogP contribution < -0.4 is 0 Å². The molecule has 0 radical (unpaired) electrons. The van der Waals surface area contributed by atoms with Crippen LogP contribution >= 0.6 is 0 Å². The molecule has 0 aromatic rings. The highest BCUT2D eigenvalue weighted by atomic mass is 16.5. The largest absolute Gasteiger partial charge is 0.368 e. The van der Waals surface area contributed by atoms with Crippen LogP contribution in [0.5, 0.6) is 0 Å². The van der Waals surface area contributed by atoms with Gasteiger partial charge in [0.05, 0.1) is 0 Å². The van der Waals surface area contributed by atoms with E-state index in [1.807, 2.05) is 0 Å². The topological polar surface area (TPSA) is 40.5 Å². The Hall–Kier alpha value is -0.0800. The van der Waals surface area contributed by atoms with Gasteiger partial charge in [-0.2, -0.15) is 0 Å². The Balaban J connectivity index is 1.65. The quantitative estimate of drug-likeness (QED) is 0.714. The van der Waals surface area contributed by atoms with Gasteiger partial charge in [0.25, 0.3) is 0 Å². The molecule has 2 N–H and O–H groups in total. The summed E-state index contributed by atoms with van der Waals surface area (Å²) in [4.78, 5) is 0. The van der Waals surface area contributed by atoms with Gasteiger partial charge in [-0.25, -0.2) is 0 Å². The molecule has 0 saturated heterocycles. The first-order valence-corrected chi connectivity index (χ1v) is 9.44. The standard InChI is InChI=1S/C19H32O2/c1-18-10-3-2-5-13(18)7-8-14-15(18)9-12-19(17(20)21)11-4-6-16(14)19/h13-17,20-21H,2-12H2,1H3/t13-,14-,15+,16+,18+,19-/m1/s1. The zero-order valence-electron chi connectivity index (χ0n) is 13.6. The Bertz CT molecular complexity index is 406. The number of hydrogen-bond acceptors (Lipinski definition) is 2. The number of fused-ring (bicyclic) bond motifs is 5. The number of aliphatic hydroxyl groups excluding tert-OH is 1. The van der Waals surface area contributed by atoms with E-state index >= 15 is 0 Å². The normalized spacial score (nSPS) is 53.1. The second kappa shape index (κ2) is 4.96. The lowest BCUT2D eigenvalue weighted by molar-refractivity contribution is -0.200. The molecule has 0 spiro atoms. The van der Waals surface area contributed by atoms with Gasteiger partial charge in [0, 0.05) is 5.41 Å². The Morgan fingerprint density at radius 2 is 1.67 bits per heavy atom. The van der Waals surface area contributed by atoms with Crippen LogP contribution in [0.15, 0.2) is 0 Å². The highest BCUT2D eigenvalue weighted by Gasteiger charge is 2.60. The highest BCUT2D eigenvalue weighted by molar-refractivity contribution is 5.08. The van der Waals surface area contributed by atoms with Gasteiger partial charge in [0.15, 0.2) is 6.29 Å². The second-order valence-corrected chi connectivity index (χ2v) is 8.94. The minimum Gasteiger partial charge on any atom is -0.368 e. The van der Waals surface area contributed by atoms with Crippen LogP contribution in [0.1, 0.15) is 77.6 Å². The van der Waals surface area contributed by atoms with Gasteiger partial charge in [0.2, 0.25) is 0 Å². The van der Waals surface area contributed by atoms with Crippen molar-refractivity contribution in [1.29, 1.82) is 0 Å². The number of rotatable bonds is 1. The van der Waals surface area contributed by atoms with Crippen LogP contribution in [0.25, 0.3) is 0 Å². The van der Waals surface area contributed by atoms with E-state index < -0.39 is 6.29 Å². The lowest BCUT2D eigenvalue weighted by Gasteiger charge is -2.60. The van der Waals surface area contributed by atoms with Gasteiger partial charge >= 0.3 is 0 Å². The van der Waals surface area contributed by atoms with Crippen molar-refractivity contribution in [3.8, 4) is 0 Å². The third-order valence-corrected chi connectivity index (χ3v) is 8.51. The molecule has 0 aliphatic heterocycles. The molecule has 0 heterocycles. The van der Waals surface area contributed by atoms with Crippen LogP contribution in [-0.4, -0.2) is 16.5 Å². The van der Waals surface area contributed by atoms with Crippen molar-refractivity contribution in [2.24, 2.45) is 34.5 Å². The predicted octanol–water partition coefficient (Wildman–Crippen LogP) is 4.10. The summed E-state index contributed by atoms with van der Waals surface area (Å²) >= 11 is 0. The van der Waals surface area contributed by atoms with E-state index in [0.29, 0.717) is 11.3 Å². The molecule has 0 aromatic heterocycles. The van der Waals surface area contributed by atoms with E-state index in [-0.39, 0.29) is 5.41 Å². The maximum atomic E-state index is 10.1. The maximum absolute atomic E-state index is 10.1. The molecular weight excluding hydrogens is 260 g/mol. The molecule has 2 nitrogen and oxygen atoms in total. The van der Waals surface area contributed by atoms with Gasteiger partial charge in [-0.1, -0.05) is 26.2 Å². The van der Waals surface area contributed by atoms with Crippen molar-refractivity contribution < 1.29 is 10.2 Å². The summed E-state index contributed by atoms with van der Waals surface area (Å²) in [5.41, 5.74) is 0.426. The number of aliphatic hydroxyl groups is 2. The van der Waals surface area contributed by atoms with Crippen molar-refractivity contribution in [2.45, 2.75) is 83.8 Å². The van der Waals surface area contributed by atoms with Gasteiger partial charge in [-0.05, 0) is 80.5 Å². The lowest BCUT2D eigenvalue weighted by Crippen LogP contribution is -2.54. The summed E-state index contributed by atoms with van der Waals surface area (Å²) in [6.07, 6.45) is 13.3. The van der Waals surface area contributed by atoms with E-state index in [1.54, 1.807) is 0 Å². The molecule has 2 heteroatoms. The number of hydrogen-bond donors (Lipinski definition) is 2. The molecule has 21 heavy (non-hydrogen) atoms. The first-order valence-electron chi connectivity index (χ1n) is 9.44. The molecule has 4 saturated carbocycles. The summed E-state index contributed by atoms with van der Waals surface area (Å²) in [6, 6.07) is 0. The summed E-state index contributed by atoms with van der Waals surface area (Å²) in [7, 11) is 0. The average molecular weight is 292 g/mol. The summed E-state index contributed by atoms with van der Waals surface area (Å²) in [5.74, 6) is 3.20. The molecule has 6 atom stereocenters. The zero-order valence-corrected chi connectivity index (χ0v) is 13.6. The second-order valence-electron chi connectivity index (χ2n) is 8.94. The van der Waals surface area contributed by atoms with Crippen LogP contribution in [0.4, 0.5) is 0 Å². The minimum absolute atomic E-state index is 0.140. The minimum atomic E-state index is -1.08. The Morgan fingerprint density at radius 1 is 0.810 bits per heavy atom. The first kappa shape index (κ1) is 14.5. The van der Waals surface area contributed by atoms with Gasteiger partial charge in [-0.15, -0.1) is 0 Å². The molecule has 0 aromatic carbocycles. The first-order chi connectivity index (χ1) is 10.1. The molecule has 0 bridgehead atoms. The smallest absolute Gasteiger partial charge is 0.157 e. The Morgan fingerprint density at radius 3 is 2.48 bits per heavy atom. The van der Waals surface area contributed by atoms with Crippen molar-refractivity contribution in [3.05, 3.63) is 0 Å². The molecule has 4 aliphatic rings. The maximum Gasteiger partial charge on any atom is 0.157 e. The fourth-order valence-electron chi connectivity index (χ4n) is 7.45. The van der Waals surface area contributed by atoms with E-state index in [4.69, 9.17) is 0 Å². The van der Waals surface area contributed by atoms with E-state index in [9.17, 15) is 10.2 Å². The predicted molar refractivity (Wildman–Crippen MR) is 83.5 cm³/mol. The summed E-state index contributed by atoms with van der Waals surface area (Å²) in [6.45, 7) is 2.59. The molecule has 0 amide bonds. The SMILES string of the molecule is C[C@]12CCCC[C@@H]1CC[C@H]1[C@@H]3CCC[C@@]3(C(O)O)CC[C@@H]12. The van der Waals surface area contributed by atoms with Crippen molar-refractivity contribution >= 4 is 0 Å². The van der Waals surface area contributed by atoms with E-state index in [2.05, 4.69) is 6.92 Å². The molecule has 4 fully saturated rings. The van der Waals surface area contributed by atoms with Crippen molar-refractivity contribution in [2.75, 3.05) is 0 Å². The lowest BCUT2D eigenvalue weighted by atomic mass is 9.45. The van der Waals surface area contributed by atoms with Crippen molar-refractivity contribution in [3.63, 3.8) is 0 Å². The summed E-state index contributed by atoms with van der Waals surface area (Å²) < 4.78 is 0.